The molecule has 0 bridgehead atoms. The third-order valence-corrected chi connectivity index (χ3v) is 3.00. The zero-order valence-corrected chi connectivity index (χ0v) is 11.7. The summed E-state index contributed by atoms with van der Waals surface area (Å²) < 4.78 is 6.93. The minimum atomic E-state index is -0.0666. The van der Waals surface area contributed by atoms with Crippen LogP contribution in [-0.4, -0.2) is 22.7 Å². The average Bonchev–Trinajstić information content (AvgIpc) is 2.82. The molecule has 1 aromatic heterocycles. The van der Waals surface area contributed by atoms with Gasteiger partial charge < -0.3 is 4.74 Å². The fourth-order valence-electron chi connectivity index (χ4n) is 1.94. The predicted molar refractivity (Wildman–Crippen MR) is 73.8 cm³/mol. The summed E-state index contributed by atoms with van der Waals surface area (Å²) in [6.07, 6.45) is 1.58. The summed E-state index contributed by atoms with van der Waals surface area (Å²) in [6.45, 7) is 5.96. The fraction of sp³-hybridized carbons (Fsp3) is 0.333. The first-order valence-corrected chi connectivity index (χ1v) is 6.27. The molecule has 0 aliphatic carbocycles. The molecule has 0 fully saturated rings. The molecule has 2 rings (SSSR count). The monoisotopic (exact) mass is 258 g/mol. The second-order valence-electron chi connectivity index (χ2n) is 4.80. The maximum Gasteiger partial charge on any atom is 0.214 e. The van der Waals surface area contributed by atoms with E-state index in [1.54, 1.807) is 18.0 Å². The van der Waals surface area contributed by atoms with Gasteiger partial charge in [-0.05, 0) is 20.8 Å². The van der Waals surface area contributed by atoms with Gasteiger partial charge in [-0.1, -0.05) is 29.8 Å². The van der Waals surface area contributed by atoms with Gasteiger partial charge in [0.05, 0.1) is 13.3 Å². The summed E-state index contributed by atoms with van der Waals surface area (Å²) in [4.78, 5) is 12.6. The van der Waals surface area contributed by atoms with E-state index in [4.69, 9.17) is 4.74 Å². The van der Waals surface area contributed by atoms with Gasteiger partial charge >= 0.3 is 0 Å². The van der Waals surface area contributed by atoms with Crippen LogP contribution in [0, 0.1) is 6.92 Å². The Balaban J connectivity index is 2.48. The summed E-state index contributed by atoms with van der Waals surface area (Å²) in [5, 5.41) is 4.22. The lowest BCUT2D eigenvalue weighted by atomic mass is 10.1. The van der Waals surface area contributed by atoms with Crippen LogP contribution in [0.3, 0.4) is 0 Å². The number of ketones is 1. The minimum absolute atomic E-state index is 0.0666. The Morgan fingerprint density at radius 1 is 1.26 bits per heavy atom. The van der Waals surface area contributed by atoms with Gasteiger partial charge in [-0.25, -0.2) is 0 Å². The molecule has 100 valence electrons. The number of nitrogens with zero attached hydrogens (tertiary/aromatic N) is 2. The van der Waals surface area contributed by atoms with E-state index in [2.05, 4.69) is 5.10 Å². The Morgan fingerprint density at radius 3 is 2.42 bits per heavy atom. The molecular formula is C15H18N2O2. The molecule has 1 aromatic carbocycles. The number of rotatable bonds is 4. The second-order valence-corrected chi connectivity index (χ2v) is 4.80. The molecule has 0 saturated heterocycles. The molecule has 4 heteroatoms. The van der Waals surface area contributed by atoms with Crippen molar-refractivity contribution in [1.29, 1.82) is 0 Å². The van der Waals surface area contributed by atoms with Gasteiger partial charge in [0, 0.05) is 11.6 Å². The third-order valence-electron chi connectivity index (χ3n) is 3.00. The molecule has 2 aromatic rings. The smallest absolute Gasteiger partial charge is 0.214 e. The molecule has 0 aliphatic rings. The van der Waals surface area contributed by atoms with Crippen molar-refractivity contribution in [3.8, 4) is 5.75 Å². The molecule has 0 aliphatic heterocycles. The first kappa shape index (κ1) is 13.3. The maximum absolute atomic E-state index is 12.6. The molecule has 19 heavy (non-hydrogen) atoms. The van der Waals surface area contributed by atoms with E-state index in [0.717, 1.165) is 5.56 Å². The SMILES string of the molecule is COc1cnn(C(C)C)c1C(=O)c1ccc(C)cc1. The van der Waals surface area contributed by atoms with Crippen LogP contribution in [0.25, 0.3) is 0 Å². The highest BCUT2D eigenvalue weighted by atomic mass is 16.5. The van der Waals surface area contributed by atoms with Crippen molar-refractivity contribution in [2.45, 2.75) is 26.8 Å². The standard InChI is InChI=1S/C15H18N2O2/c1-10(2)17-14(13(19-4)9-16-17)15(18)12-7-5-11(3)6-8-12/h5-10H,1-4H3. The zero-order chi connectivity index (χ0) is 14.0. The predicted octanol–water partition coefficient (Wildman–Crippen LogP) is 3.01. The molecule has 0 unspecified atom stereocenters. The maximum atomic E-state index is 12.6. The summed E-state index contributed by atoms with van der Waals surface area (Å²) in [7, 11) is 1.55. The van der Waals surface area contributed by atoms with Crippen molar-refractivity contribution >= 4 is 5.78 Å². The third kappa shape index (κ3) is 2.52. The van der Waals surface area contributed by atoms with Crippen molar-refractivity contribution in [2.75, 3.05) is 7.11 Å². The van der Waals surface area contributed by atoms with Gasteiger partial charge in [0.2, 0.25) is 5.78 Å². The highest BCUT2D eigenvalue weighted by Crippen LogP contribution is 2.24. The Hall–Kier alpha value is -2.10. The largest absolute Gasteiger partial charge is 0.493 e. The average molecular weight is 258 g/mol. The highest BCUT2D eigenvalue weighted by Gasteiger charge is 2.22. The molecular weight excluding hydrogens is 240 g/mol. The Bertz CT molecular complexity index is 583. The van der Waals surface area contributed by atoms with Crippen LogP contribution in [0.15, 0.2) is 30.5 Å². The fourth-order valence-corrected chi connectivity index (χ4v) is 1.94. The first-order chi connectivity index (χ1) is 9.04. The van der Waals surface area contributed by atoms with Gasteiger partial charge in [-0.15, -0.1) is 0 Å². The van der Waals surface area contributed by atoms with Crippen LogP contribution in [0.4, 0.5) is 0 Å². The quantitative estimate of drug-likeness (QED) is 0.792. The van der Waals surface area contributed by atoms with Gasteiger partial charge in [0.1, 0.15) is 0 Å². The van der Waals surface area contributed by atoms with E-state index in [-0.39, 0.29) is 11.8 Å². The number of hydrogen-bond acceptors (Lipinski definition) is 3. The number of carbonyl (C=O) groups excluding carboxylic acids is 1. The molecule has 4 nitrogen and oxygen atoms in total. The summed E-state index contributed by atoms with van der Waals surface area (Å²) in [5.74, 6) is 0.447. The normalized spacial score (nSPS) is 10.8. The number of carbonyl (C=O) groups is 1. The van der Waals surface area contributed by atoms with Gasteiger partial charge in [0.25, 0.3) is 0 Å². The van der Waals surface area contributed by atoms with Crippen molar-refractivity contribution in [2.24, 2.45) is 0 Å². The molecule has 0 N–H and O–H groups in total. The second kappa shape index (κ2) is 5.26. The summed E-state index contributed by atoms with van der Waals surface area (Å²) >= 11 is 0. The van der Waals surface area contributed by atoms with Gasteiger partial charge in [-0.2, -0.15) is 5.10 Å². The van der Waals surface area contributed by atoms with E-state index in [9.17, 15) is 4.79 Å². The lowest BCUT2D eigenvalue weighted by molar-refractivity contribution is 0.102. The molecule has 1 heterocycles. The molecule has 0 atom stereocenters. The molecule has 0 spiro atoms. The van der Waals surface area contributed by atoms with E-state index < -0.39 is 0 Å². The van der Waals surface area contributed by atoms with E-state index >= 15 is 0 Å². The van der Waals surface area contributed by atoms with Crippen molar-refractivity contribution < 1.29 is 9.53 Å². The van der Waals surface area contributed by atoms with Crippen LogP contribution in [0.1, 0.15) is 41.5 Å². The zero-order valence-electron chi connectivity index (χ0n) is 11.7. The van der Waals surface area contributed by atoms with Crippen molar-refractivity contribution in [3.63, 3.8) is 0 Å². The number of methoxy groups -OCH3 is 1. The van der Waals surface area contributed by atoms with E-state index in [1.165, 1.54) is 0 Å². The lowest BCUT2D eigenvalue weighted by Gasteiger charge is -2.11. The topological polar surface area (TPSA) is 44.1 Å². The van der Waals surface area contributed by atoms with E-state index in [1.807, 2.05) is 45.0 Å². The van der Waals surface area contributed by atoms with Gasteiger partial charge in [-0.3, -0.25) is 9.48 Å². The number of aromatic nitrogens is 2. The van der Waals surface area contributed by atoms with Gasteiger partial charge in [0.15, 0.2) is 11.4 Å². The number of ether oxygens (including phenoxy) is 1. The molecule has 0 radical (unpaired) electrons. The van der Waals surface area contributed by atoms with Crippen LogP contribution in [0.2, 0.25) is 0 Å². The van der Waals surface area contributed by atoms with E-state index in [0.29, 0.717) is 17.0 Å². The number of benzene rings is 1. The van der Waals surface area contributed by atoms with Crippen LogP contribution in [0.5, 0.6) is 5.75 Å². The first-order valence-electron chi connectivity index (χ1n) is 6.27. The Labute approximate surface area is 113 Å². The Kier molecular flexibility index (Phi) is 3.69. The minimum Gasteiger partial charge on any atom is -0.493 e. The Morgan fingerprint density at radius 2 is 1.89 bits per heavy atom. The van der Waals surface area contributed by atoms with Crippen molar-refractivity contribution in [1.82, 2.24) is 9.78 Å². The summed E-state index contributed by atoms with van der Waals surface area (Å²) in [6, 6.07) is 7.61. The highest BCUT2D eigenvalue weighted by molar-refractivity contribution is 6.09. The number of aryl methyl sites for hydroxylation is 1. The van der Waals surface area contributed by atoms with Crippen LogP contribution < -0.4 is 4.74 Å². The lowest BCUT2D eigenvalue weighted by Crippen LogP contribution is -2.14. The van der Waals surface area contributed by atoms with Crippen LogP contribution >= 0.6 is 0 Å². The molecule has 0 saturated carbocycles. The van der Waals surface area contributed by atoms with Crippen LogP contribution in [-0.2, 0) is 0 Å². The molecule has 0 amide bonds. The number of hydrogen-bond donors (Lipinski definition) is 0. The summed E-state index contributed by atoms with van der Waals surface area (Å²) in [5.41, 5.74) is 2.27. The van der Waals surface area contributed by atoms with Crippen molar-refractivity contribution in [3.05, 3.63) is 47.3 Å².